The Kier molecular flexibility index (Phi) is 5.14. The summed E-state index contributed by atoms with van der Waals surface area (Å²) in [5, 5.41) is 5.67. The van der Waals surface area contributed by atoms with Crippen molar-refractivity contribution in [3.63, 3.8) is 0 Å². The predicted octanol–water partition coefficient (Wildman–Crippen LogP) is 4.23. The van der Waals surface area contributed by atoms with Crippen molar-refractivity contribution < 1.29 is 0 Å². The van der Waals surface area contributed by atoms with Gasteiger partial charge < -0.3 is 0 Å². The molecule has 13 heavy (non-hydrogen) atoms. The van der Waals surface area contributed by atoms with E-state index in [4.69, 9.17) is 0 Å². The van der Waals surface area contributed by atoms with Crippen molar-refractivity contribution in [2.45, 2.75) is 52.4 Å². The zero-order chi connectivity index (χ0) is 9.52. The third kappa shape index (κ3) is 3.51. The molecule has 0 saturated heterocycles. The predicted molar refractivity (Wildman–Crippen MR) is 60.4 cm³/mol. The summed E-state index contributed by atoms with van der Waals surface area (Å²) in [7, 11) is 0. The van der Waals surface area contributed by atoms with Gasteiger partial charge in [-0.15, -0.1) is 11.3 Å². The monoisotopic (exact) mass is 195 g/mol. The fourth-order valence-corrected chi connectivity index (χ4v) is 2.29. The number of hydrogen-bond acceptors (Lipinski definition) is 1. The lowest BCUT2D eigenvalue weighted by molar-refractivity contribution is 0.762. The standard InChI is InChI=1S/C12H19S/c1-3-5-7-11-9-13-10-12(11)8-6-4-2/h9H,3-8H2,1-2H3. The minimum absolute atomic E-state index is 1.24. The SMILES string of the molecule is CCCCc1[c]scc1CCCC. The average Bonchev–Trinajstić information content (AvgIpc) is 2.59. The molecule has 0 spiro atoms. The van der Waals surface area contributed by atoms with Crippen molar-refractivity contribution in [2.75, 3.05) is 0 Å². The van der Waals surface area contributed by atoms with Crippen LogP contribution in [0.5, 0.6) is 0 Å². The summed E-state index contributed by atoms with van der Waals surface area (Å²) in [5.41, 5.74) is 3.04. The minimum atomic E-state index is 1.24. The molecule has 0 fully saturated rings. The molecular weight excluding hydrogens is 176 g/mol. The molecule has 0 nitrogen and oxygen atoms in total. The number of hydrogen-bond donors (Lipinski definition) is 0. The molecule has 1 heteroatoms. The van der Waals surface area contributed by atoms with Crippen molar-refractivity contribution in [3.8, 4) is 0 Å². The second-order valence-electron chi connectivity index (χ2n) is 3.55. The van der Waals surface area contributed by atoms with Crippen LogP contribution in [0.3, 0.4) is 0 Å². The van der Waals surface area contributed by atoms with Crippen LogP contribution in [0.1, 0.15) is 50.7 Å². The summed E-state index contributed by atoms with van der Waals surface area (Å²) in [4.78, 5) is 0. The zero-order valence-corrected chi connectivity index (χ0v) is 9.54. The van der Waals surface area contributed by atoms with Gasteiger partial charge in [0, 0.05) is 5.38 Å². The molecule has 0 saturated carbocycles. The lowest BCUT2D eigenvalue weighted by Gasteiger charge is -2.01. The van der Waals surface area contributed by atoms with E-state index in [1.54, 1.807) is 16.9 Å². The molecule has 0 aliphatic heterocycles. The molecule has 0 atom stereocenters. The summed E-state index contributed by atoms with van der Waals surface area (Å²) in [6.45, 7) is 4.50. The molecule has 0 aliphatic carbocycles. The molecule has 73 valence electrons. The third-order valence-corrected chi connectivity index (χ3v) is 3.12. The normalized spacial score (nSPS) is 10.6. The summed E-state index contributed by atoms with van der Waals surface area (Å²) in [5.74, 6) is 0. The highest BCUT2D eigenvalue weighted by molar-refractivity contribution is 7.07. The Hall–Kier alpha value is -0.300. The first kappa shape index (κ1) is 10.8. The molecular formula is C12H19S. The fourth-order valence-electron chi connectivity index (χ4n) is 1.45. The molecule has 0 amide bonds. The highest BCUT2D eigenvalue weighted by Gasteiger charge is 2.02. The molecule has 0 bridgehead atoms. The lowest BCUT2D eigenvalue weighted by Crippen LogP contribution is -1.90. The van der Waals surface area contributed by atoms with E-state index < -0.39 is 0 Å². The van der Waals surface area contributed by atoms with Crippen LogP contribution >= 0.6 is 11.3 Å². The van der Waals surface area contributed by atoms with E-state index in [-0.39, 0.29) is 0 Å². The van der Waals surface area contributed by atoms with Crippen LogP contribution in [0.4, 0.5) is 0 Å². The van der Waals surface area contributed by atoms with Crippen molar-refractivity contribution in [1.29, 1.82) is 0 Å². The molecule has 0 aromatic carbocycles. The second-order valence-corrected chi connectivity index (χ2v) is 4.22. The molecule has 1 aromatic heterocycles. The van der Waals surface area contributed by atoms with E-state index >= 15 is 0 Å². The highest BCUT2D eigenvalue weighted by Crippen LogP contribution is 2.18. The van der Waals surface area contributed by atoms with E-state index in [9.17, 15) is 0 Å². The molecule has 0 unspecified atom stereocenters. The van der Waals surface area contributed by atoms with E-state index in [0.717, 1.165) is 0 Å². The van der Waals surface area contributed by atoms with Crippen molar-refractivity contribution in [2.24, 2.45) is 0 Å². The largest absolute Gasteiger partial charge is 0.142 e. The van der Waals surface area contributed by atoms with Crippen LogP contribution < -0.4 is 0 Å². The molecule has 0 aliphatic rings. The number of rotatable bonds is 6. The average molecular weight is 195 g/mol. The van der Waals surface area contributed by atoms with Crippen LogP contribution in [0.2, 0.25) is 0 Å². The zero-order valence-electron chi connectivity index (χ0n) is 8.73. The Balaban J connectivity index is 2.45. The van der Waals surface area contributed by atoms with Gasteiger partial charge in [0.05, 0.1) is 0 Å². The Morgan fingerprint density at radius 2 is 1.85 bits per heavy atom. The summed E-state index contributed by atoms with van der Waals surface area (Å²) in [6.07, 6.45) is 7.71. The van der Waals surface area contributed by atoms with Gasteiger partial charge in [0.2, 0.25) is 0 Å². The maximum Gasteiger partial charge on any atom is 0.0480 e. The van der Waals surface area contributed by atoms with Crippen LogP contribution in [0.15, 0.2) is 5.38 Å². The summed E-state index contributed by atoms with van der Waals surface area (Å²) in [6, 6.07) is 0. The first-order chi connectivity index (χ1) is 6.38. The Morgan fingerprint density at radius 1 is 1.15 bits per heavy atom. The van der Waals surface area contributed by atoms with Gasteiger partial charge in [-0.3, -0.25) is 0 Å². The smallest absolute Gasteiger partial charge is 0.0480 e. The van der Waals surface area contributed by atoms with Gasteiger partial charge in [0.1, 0.15) is 0 Å². The number of unbranched alkanes of at least 4 members (excludes halogenated alkanes) is 2. The number of aryl methyl sites for hydroxylation is 2. The maximum atomic E-state index is 3.39. The first-order valence-corrected chi connectivity index (χ1v) is 6.23. The van der Waals surface area contributed by atoms with Gasteiger partial charge in [-0.05, 0) is 42.2 Å². The Labute approximate surface area is 86.0 Å². The van der Waals surface area contributed by atoms with Crippen LogP contribution in [0.25, 0.3) is 0 Å². The molecule has 1 rings (SSSR count). The van der Waals surface area contributed by atoms with E-state index in [1.807, 2.05) is 0 Å². The van der Waals surface area contributed by atoms with Gasteiger partial charge in [0.25, 0.3) is 0 Å². The maximum absolute atomic E-state index is 3.39. The van der Waals surface area contributed by atoms with Crippen LogP contribution in [-0.4, -0.2) is 0 Å². The van der Waals surface area contributed by atoms with Gasteiger partial charge in [-0.25, -0.2) is 0 Å². The van der Waals surface area contributed by atoms with Crippen LogP contribution in [0, 0.1) is 5.38 Å². The molecule has 1 heterocycles. The van der Waals surface area contributed by atoms with E-state index in [2.05, 4.69) is 24.6 Å². The highest BCUT2D eigenvalue weighted by atomic mass is 32.1. The van der Waals surface area contributed by atoms with Crippen molar-refractivity contribution >= 4 is 11.3 Å². The van der Waals surface area contributed by atoms with Gasteiger partial charge in [-0.1, -0.05) is 26.7 Å². The summed E-state index contributed by atoms with van der Waals surface area (Å²) < 4.78 is 0. The van der Waals surface area contributed by atoms with Crippen molar-refractivity contribution in [3.05, 3.63) is 21.9 Å². The lowest BCUT2D eigenvalue weighted by atomic mass is 10.0. The topological polar surface area (TPSA) is 0 Å². The van der Waals surface area contributed by atoms with Gasteiger partial charge in [0.15, 0.2) is 0 Å². The molecule has 1 radical (unpaired) electrons. The second kappa shape index (κ2) is 6.20. The Morgan fingerprint density at radius 3 is 2.54 bits per heavy atom. The van der Waals surface area contributed by atoms with Gasteiger partial charge in [-0.2, -0.15) is 0 Å². The van der Waals surface area contributed by atoms with Gasteiger partial charge >= 0.3 is 0 Å². The van der Waals surface area contributed by atoms with Crippen LogP contribution in [-0.2, 0) is 12.8 Å². The molecule has 0 N–H and O–H groups in total. The third-order valence-electron chi connectivity index (χ3n) is 2.35. The quantitative estimate of drug-likeness (QED) is 0.637. The first-order valence-electron chi connectivity index (χ1n) is 5.35. The van der Waals surface area contributed by atoms with E-state index in [0.29, 0.717) is 0 Å². The number of thiophene rings is 1. The van der Waals surface area contributed by atoms with E-state index in [1.165, 1.54) is 44.1 Å². The van der Waals surface area contributed by atoms with Crippen molar-refractivity contribution in [1.82, 2.24) is 0 Å². The fraction of sp³-hybridized carbons (Fsp3) is 0.667. The summed E-state index contributed by atoms with van der Waals surface area (Å²) >= 11 is 1.74. The molecule has 1 aromatic rings. The minimum Gasteiger partial charge on any atom is -0.142 e. The Bertz CT molecular complexity index is 202.